The summed E-state index contributed by atoms with van der Waals surface area (Å²) in [5.41, 5.74) is 8.68. The Morgan fingerprint density at radius 3 is 2.41 bits per heavy atom. The van der Waals surface area contributed by atoms with Gasteiger partial charge in [-0.15, -0.1) is 0 Å². The third-order valence-corrected chi connectivity index (χ3v) is 5.84. The lowest BCUT2D eigenvalue weighted by Gasteiger charge is -2.33. The van der Waals surface area contributed by atoms with E-state index in [0.717, 1.165) is 43.4 Å². The molecule has 2 aliphatic rings. The number of aryl methyl sites for hydroxylation is 2. The second-order valence-electron chi connectivity index (χ2n) is 7.75. The summed E-state index contributed by atoms with van der Waals surface area (Å²) in [7, 11) is 0. The molecule has 0 radical (unpaired) electrons. The van der Waals surface area contributed by atoms with Crippen LogP contribution in [0.15, 0.2) is 18.2 Å². The molecule has 0 aliphatic heterocycles. The van der Waals surface area contributed by atoms with Crippen LogP contribution in [0, 0.1) is 31.6 Å². The van der Waals surface area contributed by atoms with Gasteiger partial charge in [0.15, 0.2) is 0 Å². The molecule has 0 saturated heterocycles. The highest BCUT2D eigenvalue weighted by Crippen LogP contribution is 2.39. The SMILES string of the molecule is Cc1nc(C)c(C2=CC[C@@H](C3CCC(CC(=O)O)CC3)C=C2)nc1C(N)=O. The number of amides is 1. The molecule has 1 saturated carbocycles. The molecule has 1 heterocycles. The fraction of sp³-hybridized carbons (Fsp3) is 0.524. The third-order valence-electron chi connectivity index (χ3n) is 5.84. The number of aromatic nitrogens is 2. The molecule has 6 nitrogen and oxygen atoms in total. The molecular formula is C21H27N3O3. The van der Waals surface area contributed by atoms with Gasteiger partial charge in [-0.25, -0.2) is 4.98 Å². The zero-order valence-electron chi connectivity index (χ0n) is 15.9. The molecule has 0 aromatic carbocycles. The van der Waals surface area contributed by atoms with Crippen LogP contribution in [0.3, 0.4) is 0 Å². The Morgan fingerprint density at radius 1 is 1.15 bits per heavy atom. The Hall–Kier alpha value is -2.50. The van der Waals surface area contributed by atoms with E-state index in [1.807, 2.05) is 6.92 Å². The molecule has 0 unspecified atom stereocenters. The second-order valence-corrected chi connectivity index (χ2v) is 7.75. The number of hydrogen-bond acceptors (Lipinski definition) is 4. The normalized spacial score (nSPS) is 25.1. The molecular weight excluding hydrogens is 342 g/mol. The van der Waals surface area contributed by atoms with Gasteiger partial charge in [0, 0.05) is 6.42 Å². The number of rotatable bonds is 5. The van der Waals surface area contributed by atoms with Gasteiger partial charge in [0.1, 0.15) is 5.69 Å². The zero-order valence-corrected chi connectivity index (χ0v) is 15.9. The Bertz CT molecular complexity index is 805. The van der Waals surface area contributed by atoms with Gasteiger partial charge in [0.2, 0.25) is 0 Å². The summed E-state index contributed by atoms with van der Waals surface area (Å²) in [4.78, 5) is 31.3. The van der Waals surface area contributed by atoms with Crippen LogP contribution in [-0.4, -0.2) is 27.0 Å². The maximum absolute atomic E-state index is 11.6. The molecule has 27 heavy (non-hydrogen) atoms. The molecule has 0 bridgehead atoms. The zero-order chi connectivity index (χ0) is 19.6. The number of hydrogen-bond donors (Lipinski definition) is 2. The number of allylic oxidation sites excluding steroid dienone is 4. The highest BCUT2D eigenvalue weighted by atomic mass is 16.4. The average Bonchev–Trinajstić information content (AvgIpc) is 2.62. The van der Waals surface area contributed by atoms with E-state index in [9.17, 15) is 9.59 Å². The molecule has 2 aliphatic carbocycles. The Balaban J connectivity index is 1.66. The minimum absolute atomic E-state index is 0.226. The summed E-state index contributed by atoms with van der Waals surface area (Å²) in [6.07, 6.45) is 11.9. The Morgan fingerprint density at radius 2 is 1.85 bits per heavy atom. The first-order valence-electron chi connectivity index (χ1n) is 9.60. The summed E-state index contributed by atoms with van der Waals surface area (Å²) in [5.74, 6) is 0.172. The highest BCUT2D eigenvalue weighted by molar-refractivity contribution is 5.92. The maximum Gasteiger partial charge on any atom is 0.303 e. The van der Waals surface area contributed by atoms with Crippen molar-refractivity contribution in [3.63, 3.8) is 0 Å². The van der Waals surface area contributed by atoms with E-state index in [4.69, 9.17) is 10.8 Å². The van der Waals surface area contributed by atoms with E-state index in [0.29, 0.717) is 35.6 Å². The van der Waals surface area contributed by atoms with Gasteiger partial charge >= 0.3 is 5.97 Å². The monoisotopic (exact) mass is 369 g/mol. The van der Waals surface area contributed by atoms with Crippen molar-refractivity contribution in [1.82, 2.24) is 9.97 Å². The molecule has 144 valence electrons. The van der Waals surface area contributed by atoms with E-state index >= 15 is 0 Å². The van der Waals surface area contributed by atoms with Gasteiger partial charge in [-0.05, 0) is 69.3 Å². The van der Waals surface area contributed by atoms with Crippen molar-refractivity contribution in [3.8, 4) is 0 Å². The van der Waals surface area contributed by atoms with Gasteiger partial charge in [-0.2, -0.15) is 0 Å². The summed E-state index contributed by atoms with van der Waals surface area (Å²) in [5, 5.41) is 8.95. The van der Waals surface area contributed by atoms with Crippen molar-refractivity contribution in [3.05, 3.63) is 41.0 Å². The molecule has 0 spiro atoms. The number of aliphatic carboxylic acids is 1. The highest BCUT2D eigenvalue weighted by Gasteiger charge is 2.28. The van der Waals surface area contributed by atoms with Crippen molar-refractivity contribution >= 4 is 17.4 Å². The van der Waals surface area contributed by atoms with Crippen molar-refractivity contribution < 1.29 is 14.7 Å². The van der Waals surface area contributed by atoms with E-state index in [2.05, 4.69) is 28.2 Å². The smallest absolute Gasteiger partial charge is 0.303 e. The standard InChI is InChI=1S/C21H27N3O3/c1-12-19(24-20(21(22)27)13(2)23-12)17-9-7-16(8-10-17)15-5-3-14(4-6-15)11-18(25)26/h7,9-10,14-16H,3-6,8,11H2,1-2H3,(H2,22,27)(H,25,26)/t14?,15?,16-/m0/s1. The minimum Gasteiger partial charge on any atom is -0.481 e. The number of carbonyl (C=O) groups is 2. The topological polar surface area (TPSA) is 106 Å². The van der Waals surface area contributed by atoms with Crippen LogP contribution in [0.4, 0.5) is 0 Å². The van der Waals surface area contributed by atoms with Gasteiger partial charge in [0.25, 0.3) is 5.91 Å². The molecule has 1 amide bonds. The van der Waals surface area contributed by atoms with Crippen LogP contribution in [0.25, 0.3) is 5.57 Å². The summed E-state index contributed by atoms with van der Waals surface area (Å²) >= 11 is 0. The Kier molecular flexibility index (Phi) is 5.73. The lowest BCUT2D eigenvalue weighted by molar-refractivity contribution is -0.138. The second kappa shape index (κ2) is 8.03. The van der Waals surface area contributed by atoms with Crippen LogP contribution in [-0.2, 0) is 4.79 Å². The molecule has 6 heteroatoms. The lowest BCUT2D eigenvalue weighted by atomic mass is 9.72. The third kappa shape index (κ3) is 4.43. The molecule has 3 N–H and O–H groups in total. The molecule has 3 rings (SSSR count). The fourth-order valence-corrected chi connectivity index (χ4v) is 4.37. The fourth-order valence-electron chi connectivity index (χ4n) is 4.37. The largest absolute Gasteiger partial charge is 0.481 e. The van der Waals surface area contributed by atoms with E-state index in [1.54, 1.807) is 6.92 Å². The van der Waals surface area contributed by atoms with Gasteiger partial charge in [-0.1, -0.05) is 18.2 Å². The van der Waals surface area contributed by atoms with E-state index in [1.165, 1.54) is 0 Å². The number of nitrogens with zero attached hydrogens (tertiary/aromatic N) is 2. The maximum atomic E-state index is 11.6. The minimum atomic E-state index is -0.687. The van der Waals surface area contributed by atoms with Crippen molar-refractivity contribution in [2.24, 2.45) is 23.5 Å². The number of carboxylic acids is 1. The first-order valence-corrected chi connectivity index (χ1v) is 9.60. The predicted octanol–water partition coefficient (Wildman–Crippen LogP) is 3.43. The number of primary amides is 1. The van der Waals surface area contributed by atoms with Crippen molar-refractivity contribution in [2.75, 3.05) is 0 Å². The average molecular weight is 369 g/mol. The molecule has 1 aromatic rings. The first kappa shape index (κ1) is 19.3. The Labute approximate surface area is 159 Å². The molecule has 1 aromatic heterocycles. The summed E-state index contributed by atoms with van der Waals surface area (Å²) in [6.45, 7) is 3.64. The van der Waals surface area contributed by atoms with E-state index in [-0.39, 0.29) is 5.69 Å². The summed E-state index contributed by atoms with van der Waals surface area (Å²) in [6, 6.07) is 0. The van der Waals surface area contributed by atoms with E-state index < -0.39 is 11.9 Å². The quantitative estimate of drug-likeness (QED) is 0.827. The number of nitrogens with two attached hydrogens (primary N) is 1. The lowest BCUT2D eigenvalue weighted by Crippen LogP contribution is -2.23. The number of carbonyl (C=O) groups excluding carboxylic acids is 1. The molecule has 1 fully saturated rings. The number of carboxylic acid groups (broad SMARTS) is 1. The van der Waals surface area contributed by atoms with Crippen LogP contribution < -0.4 is 5.73 Å². The van der Waals surface area contributed by atoms with Crippen LogP contribution in [0.2, 0.25) is 0 Å². The van der Waals surface area contributed by atoms with Crippen LogP contribution in [0.1, 0.15) is 66.1 Å². The van der Waals surface area contributed by atoms with Crippen molar-refractivity contribution in [1.29, 1.82) is 0 Å². The first-order chi connectivity index (χ1) is 12.8. The molecule has 1 atom stereocenters. The van der Waals surface area contributed by atoms with Crippen molar-refractivity contribution in [2.45, 2.75) is 52.4 Å². The van der Waals surface area contributed by atoms with Crippen LogP contribution in [0.5, 0.6) is 0 Å². The van der Waals surface area contributed by atoms with Gasteiger partial charge < -0.3 is 10.8 Å². The van der Waals surface area contributed by atoms with Gasteiger partial charge in [0.05, 0.1) is 17.1 Å². The predicted molar refractivity (Wildman–Crippen MR) is 103 cm³/mol. The van der Waals surface area contributed by atoms with Gasteiger partial charge in [-0.3, -0.25) is 14.6 Å². The summed E-state index contributed by atoms with van der Waals surface area (Å²) < 4.78 is 0. The van der Waals surface area contributed by atoms with Crippen LogP contribution >= 0.6 is 0 Å².